The van der Waals surface area contributed by atoms with Crippen LogP contribution < -0.4 is 22.5 Å². The van der Waals surface area contributed by atoms with Crippen LogP contribution >= 0.6 is 0 Å². The molecule has 0 spiro atoms. The molecule has 0 aliphatic rings. The second-order valence-corrected chi connectivity index (χ2v) is 2.25. The topological polar surface area (TPSA) is 116 Å². The van der Waals surface area contributed by atoms with Crippen LogP contribution in [-0.4, -0.2) is 23.1 Å². The molecule has 0 aromatic carbocycles. The van der Waals surface area contributed by atoms with Crippen LogP contribution in [0.25, 0.3) is 0 Å². The Balaban J connectivity index is 2.72. The molecule has 0 amide bonds. The van der Waals surface area contributed by atoms with Crippen molar-refractivity contribution in [3.05, 3.63) is 6.07 Å². The molecule has 7 N–H and O–H groups in total. The summed E-state index contributed by atoms with van der Waals surface area (Å²) >= 11 is 0. The molecule has 1 aromatic rings. The first-order valence-corrected chi connectivity index (χ1v) is 3.56. The molecule has 0 unspecified atom stereocenters. The standard InChI is InChI=1S/C6H12N6/c7-1-2-10-5-3-4(8)11-6(9)12-5/h3H,1-2,7H2,(H5,8,9,10,11,12). The van der Waals surface area contributed by atoms with E-state index in [4.69, 9.17) is 17.2 Å². The maximum atomic E-state index is 5.43. The average Bonchev–Trinajstić information content (AvgIpc) is 1.99. The molecule has 1 aromatic heterocycles. The lowest BCUT2D eigenvalue weighted by atomic mass is 10.5. The third-order valence-electron chi connectivity index (χ3n) is 1.21. The quantitative estimate of drug-likeness (QED) is 0.460. The summed E-state index contributed by atoms with van der Waals surface area (Å²) in [6.45, 7) is 1.17. The molecule has 12 heavy (non-hydrogen) atoms. The van der Waals surface area contributed by atoms with E-state index in [1.165, 1.54) is 0 Å². The van der Waals surface area contributed by atoms with Gasteiger partial charge in [0.25, 0.3) is 0 Å². The van der Waals surface area contributed by atoms with Crippen molar-refractivity contribution in [2.24, 2.45) is 5.73 Å². The van der Waals surface area contributed by atoms with Crippen molar-refractivity contribution in [2.45, 2.75) is 0 Å². The molecule has 6 nitrogen and oxygen atoms in total. The highest BCUT2D eigenvalue weighted by atomic mass is 15.1. The zero-order valence-corrected chi connectivity index (χ0v) is 6.62. The molecule has 66 valence electrons. The molecule has 0 saturated heterocycles. The Morgan fingerprint density at radius 1 is 1.33 bits per heavy atom. The van der Waals surface area contributed by atoms with Crippen molar-refractivity contribution in [2.75, 3.05) is 29.9 Å². The van der Waals surface area contributed by atoms with Gasteiger partial charge in [-0.25, -0.2) is 0 Å². The van der Waals surface area contributed by atoms with Crippen molar-refractivity contribution >= 4 is 17.6 Å². The van der Waals surface area contributed by atoms with Gasteiger partial charge in [-0.1, -0.05) is 0 Å². The Kier molecular flexibility index (Phi) is 2.65. The fraction of sp³-hybridized carbons (Fsp3) is 0.333. The molecular weight excluding hydrogens is 156 g/mol. The fourth-order valence-corrected chi connectivity index (χ4v) is 0.776. The van der Waals surface area contributed by atoms with Crippen LogP contribution in [0.1, 0.15) is 0 Å². The van der Waals surface area contributed by atoms with Gasteiger partial charge >= 0.3 is 0 Å². The van der Waals surface area contributed by atoms with Crippen molar-refractivity contribution in [3.63, 3.8) is 0 Å². The van der Waals surface area contributed by atoms with Gasteiger partial charge in [0.15, 0.2) is 0 Å². The second-order valence-electron chi connectivity index (χ2n) is 2.25. The lowest BCUT2D eigenvalue weighted by molar-refractivity contribution is 1.01. The van der Waals surface area contributed by atoms with E-state index in [1.807, 2.05) is 0 Å². The van der Waals surface area contributed by atoms with Gasteiger partial charge in [-0.05, 0) is 0 Å². The summed E-state index contributed by atoms with van der Waals surface area (Å²) < 4.78 is 0. The monoisotopic (exact) mass is 168 g/mol. The van der Waals surface area contributed by atoms with Gasteiger partial charge in [-0.2, -0.15) is 9.97 Å². The number of aromatic nitrogens is 2. The zero-order valence-electron chi connectivity index (χ0n) is 6.62. The van der Waals surface area contributed by atoms with Crippen molar-refractivity contribution in [1.82, 2.24) is 9.97 Å². The molecule has 0 radical (unpaired) electrons. The second kappa shape index (κ2) is 3.72. The van der Waals surface area contributed by atoms with Crippen LogP contribution in [0.3, 0.4) is 0 Å². The largest absolute Gasteiger partial charge is 0.383 e. The minimum Gasteiger partial charge on any atom is -0.383 e. The molecule has 0 aliphatic heterocycles. The van der Waals surface area contributed by atoms with Crippen LogP contribution in [0, 0.1) is 0 Å². The van der Waals surface area contributed by atoms with Crippen LogP contribution in [0.15, 0.2) is 6.07 Å². The van der Waals surface area contributed by atoms with E-state index < -0.39 is 0 Å². The Morgan fingerprint density at radius 3 is 2.67 bits per heavy atom. The summed E-state index contributed by atoms with van der Waals surface area (Å²) in [5.41, 5.74) is 16.1. The minimum absolute atomic E-state index is 0.162. The SMILES string of the molecule is NCCNc1cc(N)nc(N)n1. The van der Waals surface area contributed by atoms with E-state index in [0.717, 1.165) is 0 Å². The molecule has 6 heteroatoms. The smallest absolute Gasteiger partial charge is 0.223 e. The first-order chi connectivity index (χ1) is 5.72. The number of nitrogens with zero attached hydrogens (tertiary/aromatic N) is 2. The van der Waals surface area contributed by atoms with E-state index in [-0.39, 0.29) is 5.95 Å². The molecule has 1 heterocycles. The normalized spacial score (nSPS) is 9.75. The van der Waals surface area contributed by atoms with Gasteiger partial charge in [0, 0.05) is 19.2 Å². The molecule has 0 bridgehead atoms. The molecule has 0 fully saturated rings. The highest BCUT2D eigenvalue weighted by molar-refractivity contribution is 5.48. The summed E-state index contributed by atoms with van der Waals surface area (Å²) in [5.74, 6) is 1.11. The predicted octanol–water partition coefficient (Wildman–Crippen LogP) is -0.988. The summed E-state index contributed by atoms with van der Waals surface area (Å²) in [4.78, 5) is 7.61. The zero-order chi connectivity index (χ0) is 8.97. The number of nitrogens with one attached hydrogen (secondary N) is 1. The molecular formula is C6H12N6. The first-order valence-electron chi connectivity index (χ1n) is 3.56. The Labute approximate surface area is 70.2 Å². The fourth-order valence-electron chi connectivity index (χ4n) is 0.776. The number of nitrogen functional groups attached to an aromatic ring is 2. The van der Waals surface area contributed by atoms with Crippen molar-refractivity contribution < 1.29 is 0 Å². The van der Waals surface area contributed by atoms with Gasteiger partial charge < -0.3 is 22.5 Å². The number of hydrogen-bond donors (Lipinski definition) is 4. The van der Waals surface area contributed by atoms with E-state index in [2.05, 4.69) is 15.3 Å². The van der Waals surface area contributed by atoms with Crippen LogP contribution in [0.2, 0.25) is 0 Å². The highest BCUT2D eigenvalue weighted by Crippen LogP contribution is 2.07. The maximum Gasteiger partial charge on any atom is 0.223 e. The summed E-state index contributed by atoms with van der Waals surface area (Å²) in [6, 6.07) is 1.60. The number of rotatable bonds is 3. The Bertz CT molecular complexity index is 240. The molecule has 0 atom stereocenters. The third-order valence-corrected chi connectivity index (χ3v) is 1.21. The maximum absolute atomic E-state index is 5.43. The molecule has 0 aliphatic carbocycles. The van der Waals surface area contributed by atoms with E-state index >= 15 is 0 Å². The van der Waals surface area contributed by atoms with Crippen molar-refractivity contribution in [1.29, 1.82) is 0 Å². The third kappa shape index (κ3) is 2.24. The van der Waals surface area contributed by atoms with E-state index in [0.29, 0.717) is 24.7 Å². The first kappa shape index (κ1) is 8.54. The average molecular weight is 168 g/mol. The molecule has 0 saturated carbocycles. The van der Waals surface area contributed by atoms with Gasteiger partial charge in [-0.3, -0.25) is 0 Å². The Hall–Kier alpha value is -1.56. The number of hydrogen-bond acceptors (Lipinski definition) is 6. The number of nitrogens with two attached hydrogens (primary N) is 3. The van der Waals surface area contributed by atoms with Gasteiger partial charge in [0.2, 0.25) is 5.95 Å². The lowest BCUT2D eigenvalue weighted by Gasteiger charge is -2.04. The van der Waals surface area contributed by atoms with Gasteiger partial charge in [0.05, 0.1) is 0 Å². The molecule has 1 rings (SSSR count). The van der Waals surface area contributed by atoms with E-state index in [9.17, 15) is 0 Å². The Morgan fingerprint density at radius 2 is 2.08 bits per heavy atom. The van der Waals surface area contributed by atoms with E-state index in [1.54, 1.807) is 6.07 Å². The van der Waals surface area contributed by atoms with Crippen LogP contribution in [0.4, 0.5) is 17.6 Å². The predicted molar refractivity (Wildman–Crippen MR) is 48.4 cm³/mol. The van der Waals surface area contributed by atoms with Gasteiger partial charge in [-0.15, -0.1) is 0 Å². The summed E-state index contributed by atoms with van der Waals surface area (Å²) in [5, 5.41) is 2.94. The highest BCUT2D eigenvalue weighted by Gasteiger charge is 1.97. The number of anilines is 3. The van der Waals surface area contributed by atoms with Gasteiger partial charge in [0.1, 0.15) is 11.6 Å². The van der Waals surface area contributed by atoms with Crippen molar-refractivity contribution in [3.8, 4) is 0 Å². The van der Waals surface area contributed by atoms with Crippen LogP contribution in [-0.2, 0) is 0 Å². The van der Waals surface area contributed by atoms with Crippen LogP contribution in [0.5, 0.6) is 0 Å². The summed E-state index contributed by atoms with van der Waals surface area (Å²) in [7, 11) is 0. The lowest BCUT2D eigenvalue weighted by Crippen LogP contribution is -2.14. The minimum atomic E-state index is 0.162. The summed E-state index contributed by atoms with van der Waals surface area (Å²) in [6.07, 6.45) is 0.